The summed E-state index contributed by atoms with van der Waals surface area (Å²) >= 11 is 6.04. The first-order valence-electron chi connectivity index (χ1n) is 5.33. The van der Waals surface area contributed by atoms with Crippen LogP contribution in [0.1, 0.15) is 5.69 Å². The van der Waals surface area contributed by atoms with Crippen molar-refractivity contribution < 1.29 is 4.79 Å². The Balaban J connectivity index is 2.11. The Morgan fingerprint density at radius 3 is 2.94 bits per heavy atom. The third-order valence-electron chi connectivity index (χ3n) is 2.29. The number of nitrogens with zero attached hydrogens (tertiary/aromatic N) is 3. The lowest BCUT2D eigenvalue weighted by atomic mass is 10.3. The van der Waals surface area contributed by atoms with E-state index in [9.17, 15) is 4.79 Å². The topological polar surface area (TPSA) is 85.8 Å². The van der Waals surface area contributed by atoms with E-state index in [0.717, 1.165) is 5.69 Å². The Kier molecular flexibility index (Phi) is 3.91. The molecule has 1 aromatic heterocycles. The molecule has 0 saturated carbocycles. The molecule has 0 aliphatic rings. The maximum atomic E-state index is 11.0. The number of carbonyl (C=O) groups excluding carboxylic acids is 1. The van der Waals surface area contributed by atoms with Gasteiger partial charge < -0.3 is 11.1 Å². The molecular weight excluding hydrogens is 254 g/mol. The predicted molar refractivity (Wildman–Crippen MR) is 67.3 cm³/mol. The fourth-order valence-corrected chi connectivity index (χ4v) is 1.62. The van der Waals surface area contributed by atoms with Gasteiger partial charge in [0.05, 0.1) is 30.0 Å². The van der Waals surface area contributed by atoms with Gasteiger partial charge in [-0.3, -0.25) is 4.79 Å². The SMILES string of the molecule is NCC(=O)NCc1cn(-c2ccccc2Cl)nn1. The zero-order chi connectivity index (χ0) is 13.0. The standard InChI is InChI=1S/C11H12ClN5O/c12-9-3-1-2-4-10(9)17-7-8(15-16-17)6-14-11(18)5-13/h1-4,7H,5-6,13H2,(H,14,18). The number of benzene rings is 1. The summed E-state index contributed by atoms with van der Waals surface area (Å²) in [6, 6.07) is 7.30. The van der Waals surface area contributed by atoms with Gasteiger partial charge in [-0.1, -0.05) is 28.9 Å². The van der Waals surface area contributed by atoms with E-state index in [-0.39, 0.29) is 12.5 Å². The van der Waals surface area contributed by atoms with Gasteiger partial charge in [0.2, 0.25) is 5.91 Å². The van der Waals surface area contributed by atoms with Gasteiger partial charge in [0.15, 0.2) is 0 Å². The molecule has 1 aromatic carbocycles. The molecule has 0 fully saturated rings. The molecule has 2 aromatic rings. The zero-order valence-corrected chi connectivity index (χ0v) is 10.3. The first kappa shape index (κ1) is 12.5. The normalized spacial score (nSPS) is 10.3. The summed E-state index contributed by atoms with van der Waals surface area (Å²) in [4.78, 5) is 11.0. The van der Waals surface area contributed by atoms with E-state index >= 15 is 0 Å². The van der Waals surface area contributed by atoms with E-state index in [4.69, 9.17) is 17.3 Å². The maximum absolute atomic E-state index is 11.0. The lowest BCUT2D eigenvalue weighted by molar-refractivity contribution is -0.119. The fourth-order valence-electron chi connectivity index (χ4n) is 1.40. The molecule has 18 heavy (non-hydrogen) atoms. The average Bonchev–Trinajstić information content (AvgIpc) is 2.85. The Bertz CT molecular complexity index is 554. The quantitative estimate of drug-likeness (QED) is 0.843. The molecule has 7 heteroatoms. The van der Waals surface area contributed by atoms with Crippen molar-refractivity contribution in [3.8, 4) is 5.69 Å². The van der Waals surface area contributed by atoms with Crippen LogP contribution < -0.4 is 11.1 Å². The van der Waals surface area contributed by atoms with Crippen LogP contribution in [0.3, 0.4) is 0 Å². The molecule has 0 atom stereocenters. The summed E-state index contributed by atoms with van der Waals surface area (Å²) in [7, 11) is 0. The van der Waals surface area contributed by atoms with Crippen LogP contribution in [-0.4, -0.2) is 27.4 Å². The number of nitrogens with two attached hydrogens (primary N) is 1. The van der Waals surface area contributed by atoms with Crippen molar-refractivity contribution in [3.05, 3.63) is 41.2 Å². The molecule has 6 nitrogen and oxygen atoms in total. The fraction of sp³-hybridized carbons (Fsp3) is 0.182. The minimum Gasteiger partial charge on any atom is -0.349 e. The smallest absolute Gasteiger partial charge is 0.234 e. The van der Waals surface area contributed by atoms with E-state index in [1.165, 1.54) is 0 Å². The van der Waals surface area contributed by atoms with Crippen LogP contribution in [0.5, 0.6) is 0 Å². The van der Waals surface area contributed by atoms with Crippen molar-refractivity contribution in [3.63, 3.8) is 0 Å². The van der Waals surface area contributed by atoms with Crippen LogP contribution in [0, 0.1) is 0 Å². The Morgan fingerprint density at radius 2 is 2.22 bits per heavy atom. The van der Waals surface area contributed by atoms with Crippen LogP contribution in [0.25, 0.3) is 5.69 Å². The molecule has 0 saturated heterocycles. The third kappa shape index (κ3) is 2.85. The molecule has 3 N–H and O–H groups in total. The van der Waals surface area contributed by atoms with E-state index in [0.29, 0.717) is 17.3 Å². The second-order valence-electron chi connectivity index (χ2n) is 3.59. The minimum atomic E-state index is -0.234. The van der Waals surface area contributed by atoms with Crippen molar-refractivity contribution in [1.29, 1.82) is 0 Å². The van der Waals surface area contributed by atoms with Crippen molar-refractivity contribution in [2.75, 3.05) is 6.54 Å². The number of amides is 1. The lowest BCUT2D eigenvalue weighted by Gasteiger charge is -2.01. The molecule has 1 amide bonds. The van der Waals surface area contributed by atoms with Gasteiger partial charge in [0.1, 0.15) is 5.69 Å². The van der Waals surface area contributed by atoms with Crippen LogP contribution in [0.4, 0.5) is 0 Å². The highest BCUT2D eigenvalue weighted by Gasteiger charge is 2.06. The largest absolute Gasteiger partial charge is 0.349 e. The number of halogens is 1. The molecule has 0 spiro atoms. The van der Waals surface area contributed by atoms with Crippen LogP contribution >= 0.6 is 11.6 Å². The van der Waals surface area contributed by atoms with Crippen molar-refractivity contribution in [2.45, 2.75) is 6.54 Å². The molecule has 94 valence electrons. The molecule has 0 bridgehead atoms. The highest BCUT2D eigenvalue weighted by atomic mass is 35.5. The lowest BCUT2D eigenvalue weighted by Crippen LogP contribution is -2.29. The first-order chi connectivity index (χ1) is 8.70. The number of hydrogen-bond acceptors (Lipinski definition) is 4. The molecule has 0 aliphatic carbocycles. The van der Waals surface area contributed by atoms with E-state index in [1.54, 1.807) is 16.9 Å². The summed E-state index contributed by atoms with van der Waals surface area (Å²) in [6.45, 7) is 0.249. The Hall–Kier alpha value is -1.92. The number of para-hydroxylation sites is 1. The van der Waals surface area contributed by atoms with Crippen LogP contribution in [-0.2, 0) is 11.3 Å². The maximum Gasteiger partial charge on any atom is 0.234 e. The number of carbonyl (C=O) groups is 1. The minimum absolute atomic E-state index is 0.0430. The molecular formula is C11H12ClN5O. The van der Waals surface area contributed by atoms with Gasteiger partial charge in [0.25, 0.3) is 0 Å². The number of nitrogens with one attached hydrogen (secondary N) is 1. The van der Waals surface area contributed by atoms with Crippen LogP contribution in [0.15, 0.2) is 30.5 Å². The van der Waals surface area contributed by atoms with Crippen LogP contribution in [0.2, 0.25) is 5.02 Å². The van der Waals surface area contributed by atoms with Crippen molar-refractivity contribution in [2.24, 2.45) is 5.73 Å². The van der Waals surface area contributed by atoms with Crippen molar-refractivity contribution >= 4 is 17.5 Å². The second-order valence-corrected chi connectivity index (χ2v) is 3.99. The third-order valence-corrected chi connectivity index (χ3v) is 2.61. The summed E-state index contributed by atoms with van der Waals surface area (Å²) in [5, 5.41) is 11.1. The van der Waals surface area contributed by atoms with Gasteiger partial charge in [-0.25, -0.2) is 4.68 Å². The summed E-state index contributed by atoms with van der Waals surface area (Å²) < 4.78 is 1.56. The predicted octanol–water partition coefficient (Wildman–Crippen LogP) is 0.496. The molecule has 0 aliphatic heterocycles. The summed E-state index contributed by atoms with van der Waals surface area (Å²) in [6.07, 6.45) is 1.71. The van der Waals surface area contributed by atoms with E-state index < -0.39 is 0 Å². The number of hydrogen-bond donors (Lipinski definition) is 2. The summed E-state index contributed by atoms with van der Waals surface area (Å²) in [5.41, 5.74) is 6.56. The Morgan fingerprint density at radius 1 is 1.44 bits per heavy atom. The van der Waals surface area contributed by atoms with Gasteiger partial charge in [0, 0.05) is 0 Å². The van der Waals surface area contributed by atoms with Crippen molar-refractivity contribution in [1.82, 2.24) is 20.3 Å². The molecule has 2 rings (SSSR count). The van der Waals surface area contributed by atoms with E-state index in [2.05, 4.69) is 15.6 Å². The number of aromatic nitrogens is 3. The van der Waals surface area contributed by atoms with E-state index in [1.807, 2.05) is 18.2 Å². The summed E-state index contributed by atoms with van der Waals surface area (Å²) in [5.74, 6) is -0.234. The molecule has 1 heterocycles. The van der Waals surface area contributed by atoms with Gasteiger partial charge >= 0.3 is 0 Å². The highest BCUT2D eigenvalue weighted by molar-refractivity contribution is 6.32. The zero-order valence-electron chi connectivity index (χ0n) is 9.51. The second kappa shape index (κ2) is 5.61. The van der Waals surface area contributed by atoms with Gasteiger partial charge in [-0.15, -0.1) is 5.10 Å². The Labute approximate surface area is 109 Å². The monoisotopic (exact) mass is 265 g/mol. The van der Waals surface area contributed by atoms with Gasteiger partial charge in [-0.2, -0.15) is 0 Å². The molecule has 0 radical (unpaired) electrons. The van der Waals surface area contributed by atoms with Gasteiger partial charge in [-0.05, 0) is 12.1 Å². The number of rotatable bonds is 4. The average molecular weight is 266 g/mol. The molecule has 0 unspecified atom stereocenters. The first-order valence-corrected chi connectivity index (χ1v) is 5.71. The highest BCUT2D eigenvalue weighted by Crippen LogP contribution is 2.18.